The number of aliphatic hydroxyl groups excluding tert-OH is 1. The zero-order valence-corrected chi connectivity index (χ0v) is 17.4. The van der Waals surface area contributed by atoms with Crippen LogP contribution in [0, 0.1) is 11.6 Å². The molecule has 0 fully saturated rings. The topological polar surface area (TPSA) is 69.6 Å². The van der Waals surface area contributed by atoms with Crippen molar-refractivity contribution in [1.29, 1.82) is 0 Å². The van der Waals surface area contributed by atoms with Crippen LogP contribution in [0.5, 0.6) is 0 Å². The highest BCUT2D eigenvalue weighted by Gasteiger charge is 2.36. The molecule has 1 aliphatic rings. The summed E-state index contributed by atoms with van der Waals surface area (Å²) in [5.41, 5.74) is 0.551. The Morgan fingerprint density at radius 1 is 1.20 bits per heavy atom. The number of amides is 2. The van der Waals surface area contributed by atoms with Crippen LogP contribution in [0.1, 0.15) is 18.9 Å². The van der Waals surface area contributed by atoms with E-state index in [2.05, 4.69) is 5.32 Å². The van der Waals surface area contributed by atoms with E-state index in [0.29, 0.717) is 29.0 Å². The van der Waals surface area contributed by atoms with Gasteiger partial charge in [0.2, 0.25) is 0 Å². The third kappa shape index (κ3) is 4.74. The van der Waals surface area contributed by atoms with E-state index in [0.717, 1.165) is 22.6 Å². The second-order valence-corrected chi connectivity index (χ2v) is 7.79. The summed E-state index contributed by atoms with van der Waals surface area (Å²) in [6.45, 7) is 1.46. The Hall–Kier alpha value is -2.64. The molecular weight excluding hydrogens is 437 g/mol. The maximum absolute atomic E-state index is 14.0. The van der Waals surface area contributed by atoms with Gasteiger partial charge in [0.1, 0.15) is 11.6 Å². The van der Waals surface area contributed by atoms with Crippen molar-refractivity contribution in [1.82, 2.24) is 5.32 Å². The van der Waals surface area contributed by atoms with E-state index in [-0.39, 0.29) is 23.8 Å². The predicted octanol–water partition coefficient (Wildman–Crippen LogP) is 4.57. The molecule has 1 unspecified atom stereocenters. The summed E-state index contributed by atoms with van der Waals surface area (Å²) in [5.74, 6) is -4.07. The summed E-state index contributed by atoms with van der Waals surface area (Å²) in [4.78, 5) is 25.7. The number of aryl methyl sites for hydroxylation is 1. The van der Waals surface area contributed by atoms with Crippen molar-refractivity contribution >= 4 is 40.7 Å². The van der Waals surface area contributed by atoms with Crippen molar-refractivity contribution in [3.05, 3.63) is 75.0 Å². The Morgan fingerprint density at radius 3 is 2.60 bits per heavy atom. The summed E-state index contributed by atoms with van der Waals surface area (Å²) in [6.07, 6.45) is 1.19. The lowest BCUT2D eigenvalue weighted by molar-refractivity contribution is -0.119. The predicted molar refractivity (Wildman–Crippen MR) is 111 cm³/mol. The lowest BCUT2D eigenvalue weighted by Crippen LogP contribution is -2.36. The van der Waals surface area contributed by atoms with Crippen LogP contribution in [0.15, 0.2) is 47.7 Å². The van der Waals surface area contributed by atoms with E-state index in [9.17, 15) is 23.5 Å². The molecule has 9 heteroatoms. The number of rotatable bonds is 6. The number of hydrogen-bond acceptors (Lipinski definition) is 3. The van der Waals surface area contributed by atoms with Gasteiger partial charge in [-0.2, -0.15) is 0 Å². The second-order valence-electron chi connectivity index (χ2n) is 6.98. The number of nitrogens with zero attached hydrogens (tertiary/aromatic N) is 1. The molecular formula is C21H18Cl2F2N2O3. The van der Waals surface area contributed by atoms with Gasteiger partial charge in [0.05, 0.1) is 27.9 Å². The van der Waals surface area contributed by atoms with Crippen LogP contribution in [0.25, 0.3) is 0 Å². The zero-order chi connectivity index (χ0) is 22.0. The first-order chi connectivity index (χ1) is 14.2. The van der Waals surface area contributed by atoms with Crippen molar-refractivity contribution in [3.8, 4) is 0 Å². The van der Waals surface area contributed by atoms with Gasteiger partial charge >= 0.3 is 0 Å². The van der Waals surface area contributed by atoms with Crippen LogP contribution in [0.4, 0.5) is 14.5 Å². The van der Waals surface area contributed by atoms with E-state index < -0.39 is 29.2 Å². The SMILES string of the molecule is CC(CCc1ccc(Cl)c(Cl)c1)NC(=O)C1=C(O)C(=O)N(c2ccc(F)cc2F)C1. The normalized spacial score (nSPS) is 15.0. The average molecular weight is 455 g/mol. The molecule has 0 saturated heterocycles. The fourth-order valence-electron chi connectivity index (χ4n) is 3.10. The first-order valence-electron chi connectivity index (χ1n) is 9.11. The molecule has 0 saturated carbocycles. The molecule has 158 valence electrons. The van der Waals surface area contributed by atoms with E-state index in [1.165, 1.54) is 0 Å². The number of hydrogen-bond donors (Lipinski definition) is 2. The average Bonchev–Trinajstić information content (AvgIpc) is 2.98. The van der Waals surface area contributed by atoms with Crippen LogP contribution >= 0.6 is 23.2 Å². The Morgan fingerprint density at radius 2 is 1.93 bits per heavy atom. The quantitative estimate of drug-likeness (QED) is 0.671. The smallest absolute Gasteiger partial charge is 0.294 e. The molecule has 0 bridgehead atoms. The molecule has 3 rings (SSSR count). The van der Waals surface area contributed by atoms with E-state index in [4.69, 9.17) is 23.2 Å². The van der Waals surface area contributed by atoms with E-state index >= 15 is 0 Å². The molecule has 0 aromatic heterocycles. The maximum Gasteiger partial charge on any atom is 0.294 e. The molecule has 0 spiro atoms. The highest BCUT2D eigenvalue weighted by atomic mass is 35.5. The summed E-state index contributed by atoms with van der Waals surface area (Å²) in [5, 5.41) is 13.7. The van der Waals surface area contributed by atoms with Gasteiger partial charge in [-0.1, -0.05) is 29.3 Å². The maximum atomic E-state index is 14.0. The lowest BCUT2D eigenvalue weighted by Gasteiger charge is -2.18. The number of aliphatic hydroxyl groups is 1. The molecule has 1 atom stereocenters. The van der Waals surface area contributed by atoms with Crippen molar-refractivity contribution in [2.45, 2.75) is 25.8 Å². The molecule has 1 heterocycles. The van der Waals surface area contributed by atoms with Gasteiger partial charge in [0.15, 0.2) is 5.76 Å². The van der Waals surface area contributed by atoms with E-state index in [1.807, 2.05) is 6.07 Å². The van der Waals surface area contributed by atoms with Gasteiger partial charge < -0.3 is 10.4 Å². The van der Waals surface area contributed by atoms with Crippen LogP contribution < -0.4 is 10.2 Å². The molecule has 2 aromatic rings. The number of anilines is 1. The second kappa shape index (κ2) is 9.02. The molecule has 2 amide bonds. The number of benzene rings is 2. The third-order valence-corrected chi connectivity index (χ3v) is 5.49. The van der Waals surface area contributed by atoms with Crippen molar-refractivity contribution in [3.63, 3.8) is 0 Å². The molecule has 1 aliphatic heterocycles. The Balaban J connectivity index is 1.63. The van der Waals surface area contributed by atoms with Gasteiger partial charge in [-0.3, -0.25) is 14.5 Å². The largest absolute Gasteiger partial charge is 0.503 e. The van der Waals surface area contributed by atoms with Crippen LogP contribution in [-0.2, 0) is 16.0 Å². The minimum Gasteiger partial charge on any atom is -0.503 e. The van der Waals surface area contributed by atoms with Gasteiger partial charge in [-0.05, 0) is 49.6 Å². The first-order valence-corrected chi connectivity index (χ1v) is 9.86. The molecule has 0 aliphatic carbocycles. The highest BCUT2D eigenvalue weighted by Crippen LogP contribution is 2.28. The van der Waals surface area contributed by atoms with E-state index in [1.54, 1.807) is 19.1 Å². The van der Waals surface area contributed by atoms with Crippen molar-refractivity contribution in [2.75, 3.05) is 11.4 Å². The standard InChI is InChI=1S/C21H18Cl2F2N2O3/c1-11(2-3-12-4-6-15(22)16(23)8-12)26-20(29)14-10-27(21(30)19(14)28)18-7-5-13(24)9-17(18)25/h4-9,11,28H,2-3,10H2,1H3,(H,26,29). The monoisotopic (exact) mass is 454 g/mol. The summed E-state index contributed by atoms with van der Waals surface area (Å²) in [6, 6.07) is 7.70. The van der Waals surface area contributed by atoms with Crippen molar-refractivity contribution < 1.29 is 23.5 Å². The van der Waals surface area contributed by atoms with Gasteiger partial charge in [-0.25, -0.2) is 8.78 Å². The molecule has 0 radical (unpaired) electrons. The summed E-state index contributed by atoms with van der Waals surface area (Å²) < 4.78 is 27.1. The van der Waals surface area contributed by atoms with Crippen molar-refractivity contribution in [2.24, 2.45) is 0 Å². The van der Waals surface area contributed by atoms with Crippen LogP contribution in [-0.4, -0.2) is 29.5 Å². The Kier molecular flexibility index (Phi) is 6.63. The van der Waals surface area contributed by atoms with Gasteiger partial charge in [0, 0.05) is 12.1 Å². The molecule has 2 N–H and O–H groups in total. The van der Waals surface area contributed by atoms with Crippen LogP contribution in [0.2, 0.25) is 10.0 Å². The van der Waals surface area contributed by atoms with Gasteiger partial charge in [0.25, 0.3) is 11.8 Å². The first kappa shape index (κ1) is 22.1. The highest BCUT2D eigenvalue weighted by molar-refractivity contribution is 6.42. The zero-order valence-electron chi connectivity index (χ0n) is 15.9. The molecule has 5 nitrogen and oxygen atoms in total. The molecule has 2 aromatic carbocycles. The minimum absolute atomic E-state index is 0.176. The molecule has 30 heavy (non-hydrogen) atoms. The van der Waals surface area contributed by atoms with Gasteiger partial charge in [-0.15, -0.1) is 0 Å². The summed E-state index contributed by atoms with van der Waals surface area (Å²) >= 11 is 11.9. The van der Waals surface area contributed by atoms with Crippen LogP contribution in [0.3, 0.4) is 0 Å². The number of halogens is 4. The summed E-state index contributed by atoms with van der Waals surface area (Å²) in [7, 11) is 0. The number of carbonyl (C=O) groups is 2. The minimum atomic E-state index is -0.965. The number of carbonyl (C=O) groups excluding carboxylic acids is 2. The lowest BCUT2D eigenvalue weighted by atomic mass is 10.1. The third-order valence-electron chi connectivity index (χ3n) is 4.75. The Bertz CT molecular complexity index is 1040. The number of nitrogens with one attached hydrogen (secondary N) is 1. The fraction of sp³-hybridized carbons (Fsp3) is 0.238. The fourth-order valence-corrected chi connectivity index (χ4v) is 3.42. The Labute approximate surface area is 181 Å².